The lowest BCUT2D eigenvalue weighted by Gasteiger charge is -2.07. The van der Waals surface area contributed by atoms with E-state index in [0.717, 1.165) is 0 Å². The number of ether oxygens (including phenoxy) is 1. The van der Waals surface area contributed by atoms with Crippen LogP contribution in [0.15, 0.2) is 12.1 Å². The number of rotatable bonds is 3. The van der Waals surface area contributed by atoms with Crippen molar-refractivity contribution in [2.75, 3.05) is 7.11 Å². The van der Waals surface area contributed by atoms with Crippen LogP contribution in [0.5, 0.6) is 5.75 Å². The number of nitrogens with two attached hydrogens (primary N) is 1. The maximum absolute atomic E-state index is 11.3. The van der Waals surface area contributed by atoms with E-state index in [9.17, 15) is 9.59 Å². The van der Waals surface area contributed by atoms with Crippen LogP contribution in [0.3, 0.4) is 0 Å². The maximum Gasteiger partial charge on any atom is 0.289 e. The Morgan fingerprint density at radius 3 is 2.47 bits per heavy atom. The van der Waals surface area contributed by atoms with Gasteiger partial charge in [0.15, 0.2) is 0 Å². The van der Waals surface area contributed by atoms with Crippen LogP contribution in [-0.4, -0.2) is 18.8 Å². The number of Topliss-reactive ketones (excluding diaryl/α,β-unsaturated/α-hetero) is 1. The quantitative estimate of drug-likeness (QED) is 0.626. The van der Waals surface area contributed by atoms with Crippen LogP contribution in [0.1, 0.15) is 15.9 Å². The van der Waals surface area contributed by atoms with Crippen LogP contribution < -0.4 is 10.5 Å². The van der Waals surface area contributed by atoms with Gasteiger partial charge in [-0.3, -0.25) is 9.59 Å². The van der Waals surface area contributed by atoms with Crippen LogP contribution in [0.25, 0.3) is 0 Å². The number of methoxy groups -OCH3 is 1. The highest BCUT2D eigenvalue weighted by Gasteiger charge is 2.17. The van der Waals surface area contributed by atoms with E-state index in [-0.39, 0.29) is 10.6 Å². The third kappa shape index (κ3) is 2.27. The van der Waals surface area contributed by atoms with Crippen molar-refractivity contribution in [3.63, 3.8) is 0 Å². The van der Waals surface area contributed by atoms with Crippen molar-refractivity contribution in [3.05, 3.63) is 28.3 Å². The summed E-state index contributed by atoms with van der Waals surface area (Å²) < 4.78 is 4.96. The fraction of sp³-hybridized carbons (Fsp3) is 0.200. The molecule has 1 aromatic carbocycles. The summed E-state index contributed by atoms with van der Waals surface area (Å²) in [6, 6.07) is 2.96. The van der Waals surface area contributed by atoms with E-state index in [2.05, 4.69) is 0 Å². The number of amides is 1. The zero-order chi connectivity index (χ0) is 11.6. The predicted octanol–water partition coefficient (Wildman–Crippen LogP) is 1.33. The Bertz CT molecular complexity index is 429. The van der Waals surface area contributed by atoms with Gasteiger partial charge in [0.2, 0.25) is 5.78 Å². The fourth-order valence-corrected chi connectivity index (χ4v) is 1.43. The van der Waals surface area contributed by atoms with Crippen molar-refractivity contribution in [1.82, 2.24) is 0 Å². The number of primary amides is 1. The Morgan fingerprint density at radius 2 is 2.00 bits per heavy atom. The van der Waals surface area contributed by atoms with Gasteiger partial charge in [-0.25, -0.2) is 0 Å². The number of ketones is 1. The molecular formula is C10H10ClNO3. The summed E-state index contributed by atoms with van der Waals surface area (Å²) in [7, 11) is 1.47. The van der Waals surface area contributed by atoms with E-state index in [0.29, 0.717) is 11.3 Å². The van der Waals surface area contributed by atoms with E-state index < -0.39 is 11.7 Å². The third-order valence-electron chi connectivity index (χ3n) is 1.97. The highest BCUT2D eigenvalue weighted by Crippen LogP contribution is 2.27. The van der Waals surface area contributed by atoms with Crippen molar-refractivity contribution in [3.8, 4) is 5.75 Å². The smallest absolute Gasteiger partial charge is 0.289 e. The lowest BCUT2D eigenvalue weighted by Crippen LogP contribution is -2.23. The van der Waals surface area contributed by atoms with Gasteiger partial charge in [0, 0.05) is 5.56 Å². The van der Waals surface area contributed by atoms with Gasteiger partial charge in [0.1, 0.15) is 5.75 Å². The average Bonchev–Trinajstić information content (AvgIpc) is 2.19. The molecule has 0 fully saturated rings. The van der Waals surface area contributed by atoms with Gasteiger partial charge in [0.25, 0.3) is 5.91 Å². The predicted molar refractivity (Wildman–Crippen MR) is 56.3 cm³/mol. The molecule has 15 heavy (non-hydrogen) atoms. The lowest BCUT2D eigenvalue weighted by atomic mass is 10.0. The van der Waals surface area contributed by atoms with Crippen LogP contribution in [0, 0.1) is 6.92 Å². The van der Waals surface area contributed by atoms with Crippen LogP contribution in [0.4, 0.5) is 0 Å². The lowest BCUT2D eigenvalue weighted by molar-refractivity contribution is -0.114. The molecule has 0 spiro atoms. The van der Waals surface area contributed by atoms with Crippen LogP contribution >= 0.6 is 11.6 Å². The molecule has 0 heterocycles. The van der Waals surface area contributed by atoms with Crippen molar-refractivity contribution < 1.29 is 14.3 Å². The molecule has 0 aliphatic carbocycles. The number of halogens is 1. The molecule has 0 saturated heterocycles. The average molecular weight is 228 g/mol. The highest BCUT2D eigenvalue weighted by molar-refractivity contribution is 6.43. The van der Waals surface area contributed by atoms with Crippen molar-refractivity contribution in [2.45, 2.75) is 6.92 Å². The third-order valence-corrected chi connectivity index (χ3v) is 2.26. The monoisotopic (exact) mass is 227 g/mol. The molecule has 0 saturated carbocycles. The normalized spacial score (nSPS) is 9.80. The molecule has 80 valence electrons. The highest BCUT2D eigenvalue weighted by atomic mass is 35.5. The number of carbonyl (C=O) groups is 2. The first-order chi connectivity index (χ1) is 6.97. The van der Waals surface area contributed by atoms with E-state index in [1.807, 2.05) is 0 Å². The van der Waals surface area contributed by atoms with E-state index in [1.165, 1.54) is 13.2 Å². The first-order valence-electron chi connectivity index (χ1n) is 4.15. The molecule has 1 amide bonds. The molecule has 5 heteroatoms. The summed E-state index contributed by atoms with van der Waals surface area (Å²) in [5.74, 6) is -1.30. The van der Waals surface area contributed by atoms with E-state index in [4.69, 9.17) is 22.1 Å². The van der Waals surface area contributed by atoms with Gasteiger partial charge in [0.05, 0.1) is 12.1 Å². The summed E-state index contributed by atoms with van der Waals surface area (Å²) in [6.07, 6.45) is 0. The minimum Gasteiger partial charge on any atom is -0.495 e. The molecule has 0 aromatic heterocycles. The van der Waals surface area contributed by atoms with Gasteiger partial charge >= 0.3 is 0 Å². The number of hydrogen-bond acceptors (Lipinski definition) is 3. The summed E-state index contributed by atoms with van der Waals surface area (Å²) in [5.41, 5.74) is 5.69. The minimum absolute atomic E-state index is 0.202. The molecule has 0 aliphatic heterocycles. The number of benzene rings is 1. The molecule has 0 radical (unpaired) electrons. The molecule has 1 rings (SSSR count). The zero-order valence-electron chi connectivity index (χ0n) is 8.33. The maximum atomic E-state index is 11.3. The second-order valence-corrected chi connectivity index (χ2v) is 3.40. The molecular weight excluding hydrogens is 218 g/mol. The number of hydrogen-bond donors (Lipinski definition) is 1. The van der Waals surface area contributed by atoms with Crippen LogP contribution in [0.2, 0.25) is 5.02 Å². The molecule has 0 unspecified atom stereocenters. The Hall–Kier alpha value is -1.55. The van der Waals surface area contributed by atoms with Crippen molar-refractivity contribution >= 4 is 23.3 Å². The molecule has 4 nitrogen and oxygen atoms in total. The molecule has 2 N–H and O–H groups in total. The molecule has 0 aliphatic rings. The van der Waals surface area contributed by atoms with Gasteiger partial charge in [-0.2, -0.15) is 0 Å². The summed E-state index contributed by atoms with van der Waals surface area (Å²) in [5, 5.41) is 0.271. The van der Waals surface area contributed by atoms with E-state index >= 15 is 0 Å². The SMILES string of the molecule is COc1cc(C)c(C(=O)C(N)=O)cc1Cl. The van der Waals surface area contributed by atoms with Gasteiger partial charge in [-0.1, -0.05) is 11.6 Å². The first-order valence-corrected chi connectivity index (χ1v) is 4.53. The first kappa shape index (κ1) is 11.5. The fourth-order valence-electron chi connectivity index (χ4n) is 1.19. The summed E-state index contributed by atoms with van der Waals surface area (Å²) in [4.78, 5) is 22.1. The number of carbonyl (C=O) groups excluding carboxylic acids is 2. The van der Waals surface area contributed by atoms with Gasteiger partial charge in [-0.05, 0) is 24.6 Å². The van der Waals surface area contributed by atoms with Crippen LogP contribution in [-0.2, 0) is 4.79 Å². The van der Waals surface area contributed by atoms with Crippen molar-refractivity contribution in [2.24, 2.45) is 5.73 Å². The Morgan fingerprint density at radius 1 is 1.40 bits per heavy atom. The standard InChI is InChI=1S/C10H10ClNO3/c1-5-3-8(15-2)7(11)4-6(5)9(13)10(12)14/h3-4H,1-2H3,(H2,12,14). The van der Waals surface area contributed by atoms with Crippen molar-refractivity contribution in [1.29, 1.82) is 0 Å². The number of aryl methyl sites for hydroxylation is 1. The molecule has 1 aromatic rings. The summed E-state index contributed by atoms with van der Waals surface area (Å²) >= 11 is 5.82. The minimum atomic E-state index is -1.00. The largest absolute Gasteiger partial charge is 0.495 e. The Balaban J connectivity index is 3.28. The molecule has 0 bridgehead atoms. The molecule has 0 atom stereocenters. The van der Waals surface area contributed by atoms with E-state index in [1.54, 1.807) is 13.0 Å². The van der Waals surface area contributed by atoms with Gasteiger partial charge in [-0.15, -0.1) is 0 Å². The second-order valence-electron chi connectivity index (χ2n) is 3.00. The second kappa shape index (κ2) is 4.31. The topological polar surface area (TPSA) is 69.4 Å². The zero-order valence-corrected chi connectivity index (χ0v) is 9.09. The Labute approximate surface area is 92.0 Å². The van der Waals surface area contributed by atoms with Gasteiger partial charge < -0.3 is 10.5 Å². The summed E-state index contributed by atoms with van der Waals surface area (Å²) in [6.45, 7) is 1.68. The Kier molecular flexibility index (Phi) is 3.31.